The van der Waals surface area contributed by atoms with Gasteiger partial charge in [-0.2, -0.15) is 0 Å². The first-order valence-corrected chi connectivity index (χ1v) is 11.0. The summed E-state index contributed by atoms with van der Waals surface area (Å²) in [6, 6.07) is 7.54. The molecule has 1 aliphatic heterocycles. The van der Waals surface area contributed by atoms with Crippen LogP contribution in [0, 0.1) is 5.92 Å². The van der Waals surface area contributed by atoms with Crippen LogP contribution in [0.2, 0.25) is 0 Å². The van der Waals surface area contributed by atoms with Gasteiger partial charge < -0.3 is 10.0 Å². The quantitative estimate of drug-likeness (QED) is 0.664. The van der Waals surface area contributed by atoms with E-state index in [2.05, 4.69) is 4.72 Å². The highest BCUT2D eigenvalue weighted by molar-refractivity contribution is 7.88. The predicted molar refractivity (Wildman–Crippen MR) is 102 cm³/mol. The van der Waals surface area contributed by atoms with Crippen LogP contribution in [0.25, 0.3) is 0 Å². The number of sulfonamides is 1. The molecule has 0 radical (unpaired) electrons. The number of carboxylic acids is 1. The van der Waals surface area contributed by atoms with Crippen LogP contribution in [-0.4, -0.2) is 49.4 Å². The van der Waals surface area contributed by atoms with Gasteiger partial charge in [0.25, 0.3) is 0 Å². The fourth-order valence-corrected chi connectivity index (χ4v) is 4.75. The lowest BCUT2D eigenvalue weighted by Crippen LogP contribution is -2.42. The van der Waals surface area contributed by atoms with Crippen molar-refractivity contribution in [1.82, 2.24) is 9.62 Å². The molecule has 1 aromatic rings. The molecule has 1 atom stereocenters. The molecule has 0 spiro atoms. The van der Waals surface area contributed by atoms with E-state index in [4.69, 9.17) is 0 Å². The molecule has 1 amide bonds. The van der Waals surface area contributed by atoms with Crippen LogP contribution in [0.3, 0.4) is 0 Å². The van der Waals surface area contributed by atoms with E-state index in [-0.39, 0.29) is 18.1 Å². The largest absolute Gasteiger partial charge is 0.480 e. The minimum atomic E-state index is -3.74. The van der Waals surface area contributed by atoms with E-state index < -0.39 is 22.0 Å². The number of likely N-dealkylation sites (tertiary alicyclic amines) is 1. The highest BCUT2D eigenvalue weighted by Gasteiger charge is 2.27. The fraction of sp³-hybridized carbons (Fsp3) is 0.579. The molecule has 2 rings (SSSR count). The molecule has 1 aromatic carbocycles. The van der Waals surface area contributed by atoms with Gasteiger partial charge in [0, 0.05) is 19.5 Å². The Kier molecular flexibility index (Phi) is 7.79. The predicted octanol–water partition coefficient (Wildman–Crippen LogP) is 1.99. The smallest absolute Gasteiger partial charge is 0.321 e. The summed E-state index contributed by atoms with van der Waals surface area (Å²) in [6.07, 6.45) is 3.02. The van der Waals surface area contributed by atoms with Crippen molar-refractivity contribution < 1.29 is 23.1 Å². The molecule has 0 saturated carbocycles. The van der Waals surface area contributed by atoms with Crippen molar-refractivity contribution in [2.24, 2.45) is 5.92 Å². The van der Waals surface area contributed by atoms with E-state index in [0.29, 0.717) is 37.4 Å². The highest BCUT2D eigenvalue weighted by Crippen LogP contribution is 2.23. The molecule has 1 saturated heterocycles. The molecule has 150 valence electrons. The number of rotatable bonds is 9. The Bertz CT molecular complexity index is 728. The maximum atomic E-state index is 12.3. The Balaban J connectivity index is 1.85. The third kappa shape index (κ3) is 6.95. The highest BCUT2D eigenvalue weighted by atomic mass is 32.2. The number of piperidine rings is 1. The Labute approximate surface area is 160 Å². The van der Waals surface area contributed by atoms with Crippen LogP contribution in [0.5, 0.6) is 0 Å². The zero-order valence-corrected chi connectivity index (χ0v) is 16.5. The molecule has 0 bridgehead atoms. The van der Waals surface area contributed by atoms with Gasteiger partial charge in [-0.3, -0.25) is 9.59 Å². The first-order valence-electron chi connectivity index (χ1n) is 9.35. The minimum absolute atomic E-state index is 0.144. The van der Waals surface area contributed by atoms with Gasteiger partial charge in [-0.1, -0.05) is 37.3 Å². The van der Waals surface area contributed by atoms with Gasteiger partial charge in [0.2, 0.25) is 15.9 Å². The average Bonchev–Trinajstić information content (AvgIpc) is 2.65. The first kappa shape index (κ1) is 21.4. The zero-order chi connectivity index (χ0) is 19.9. The van der Waals surface area contributed by atoms with Crippen LogP contribution in [-0.2, 0) is 25.4 Å². The number of hydrogen-bond acceptors (Lipinski definition) is 4. The van der Waals surface area contributed by atoms with Crippen molar-refractivity contribution in [2.75, 3.05) is 13.1 Å². The maximum Gasteiger partial charge on any atom is 0.321 e. The second-order valence-electron chi connectivity index (χ2n) is 7.01. The summed E-state index contributed by atoms with van der Waals surface area (Å²) in [5, 5.41) is 9.40. The van der Waals surface area contributed by atoms with E-state index >= 15 is 0 Å². The number of hydrogen-bond donors (Lipinski definition) is 2. The number of nitrogens with one attached hydrogen (secondary N) is 1. The average molecular weight is 397 g/mol. The van der Waals surface area contributed by atoms with Gasteiger partial charge in [0.05, 0.1) is 5.75 Å². The maximum absolute atomic E-state index is 12.3. The zero-order valence-electron chi connectivity index (χ0n) is 15.6. The van der Waals surface area contributed by atoms with Gasteiger partial charge in [-0.15, -0.1) is 0 Å². The van der Waals surface area contributed by atoms with Gasteiger partial charge in [0.1, 0.15) is 6.04 Å². The van der Waals surface area contributed by atoms with Crippen LogP contribution >= 0.6 is 0 Å². The Hall–Kier alpha value is -1.93. The monoisotopic (exact) mass is 396 g/mol. The normalized spacial score (nSPS) is 16.9. The number of carbonyl (C=O) groups excluding carboxylic acids is 1. The number of carboxylic acid groups (broad SMARTS) is 1. The lowest BCUT2D eigenvalue weighted by molar-refractivity contribution is -0.139. The molecule has 1 heterocycles. The lowest BCUT2D eigenvalue weighted by atomic mass is 9.90. The number of amides is 1. The van der Waals surface area contributed by atoms with E-state index in [9.17, 15) is 23.1 Å². The van der Waals surface area contributed by atoms with Crippen molar-refractivity contribution in [2.45, 2.75) is 50.8 Å². The van der Waals surface area contributed by atoms with Crippen molar-refractivity contribution in [1.29, 1.82) is 0 Å². The fourth-order valence-electron chi connectivity index (χ4n) is 3.38. The number of aliphatic carboxylic acids is 1. The standard InChI is InChI=1S/C19H28N2O5S/c1-2-18(22)21-12-10-15(11-13-21)8-9-17(19(23)24)20-27(25,26)14-16-6-4-3-5-7-16/h3-7,15,17,20H,2,8-14H2,1H3,(H,23,24)/t17-/m1/s1. The van der Waals surface area contributed by atoms with E-state index in [1.165, 1.54) is 0 Å². The number of carbonyl (C=O) groups is 2. The third-order valence-electron chi connectivity index (χ3n) is 4.95. The summed E-state index contributed by atoms with van der Waals surface area (Å²) in [7, 11) is -3.74. The van der Waals surface area contributed by atoms with Crippen LogP contribution in [0.15, 0.2) is 30.3 Å². The molecular weight excluding hydrogens is 368 g/mol. The molecule has 0 aromatic heterocycles. The van der Waals surface area contributed by atoms with Gasteiger partial charge in [0.15, 0.2) is 0 Å². The number of nitrogens with zero attached hydrogens (tertiary/aromatic N) is 1. The molecule has 2 N–H and O–H groups in total. The van der Waals surface area contributed by atoms with Gasteiger partial charge in [-0.25, -0.2) is 13.1 Å². The summed E-state index contributed by atoms with van der Waals surface area (Å²) < 4.78 is 26.9. The summed E-state index contributed by atoms with van der Waals surface area (Å²) in [5.74, 6) is -0.947. The molecule has 1 aliphatic rings. The Morgan fingerprint density at radius 3 is 2.41 bits per heavy atom. The third-order valence-corrected chi connectivity index (χ3v) is 6.31. The summed E-state index contributed by atoms with van der Waals surface area (Å²) in [6.45, 7) is 3.22. The Morgan fingerprint density at radius 1 is 1.22 bits per heavy atom. The summed E-state index contributed by atoms with van der Waals surface area (Å²) >= 11 is 0. The molecule has 0 aliphatic carbocycles. The topological polar surface area (TPSA) is 104 Å². The molecule has 27 heavy (non-hydrogen) atoms. The molecular formula is C19H28N2O5S. The van der Waals surface area contributed by atoms with E-state index in [1.54, 1.807) is 30.3 Å². The first-order chi connectivity index (χ1) is 12.8. The van der Waals surface area contributed by atoms with E-state index in [0.717, 1.165) is 12.8 Å². The van der Waals surface area contributed by atoms with Crippen molar-refractivity contribution in [3.8, 4) is 0 Å². The van der Waals surface area contributed by atoms with Gasteiger partial charge >= 0.3 is 5.97 Å². The second kappa shape index (κ2) is 9.85. The van der Waals surface area contributed by atoms with Crippen molar-refractivity contribution >= 4 is 21.9 Å². The van der Waals surface area contributed by atoms with Crippen molar-refractivity contribution in [3.63, 3.8) is 0 Å². The molecule has 7 nitrogen and oxygen atoms in total. The number of benzene rings is 1. The van der Waals surface area contributed by atoms with Gasteiger partial charge in [-0.05, 0) is 37.2 Å². The van der Waals surface area contributed by atoms with Crippen molar-refractivity contribution in [3.05, 3.63) is 35.9 Å². The van der Waals surface area contributed by atoms with Crippen LogP contribution < -0.4 is 4.72 Å². The lowest BCUT2D eigenvalue weighted by Gasteiger charge is -2.32. The second-order valence-corrected chi connectivity index (χ2v) is 8.76. The summed E-state index contributed by atoms with van der Waals surface area (Å²) in [5.41, 5.74) is 0.613. The molecule has 1 fully saturated rings. The SMILES string of the molecule is CCC(=O)N1CCC(CC[C@@H](NS(=O)(=O)Cc2ccccc2)C(=O)O)CC1. The summed E-state index contributed by atoms with van der Waals surface area (Å²) in [4.78, 5) is 25.1. The molecule has 8 heteroatoms. The Morgan fingerprint density at radius 2 is 1.85 bits per heavy atom. The molecule has 0 unspecified atom stereocenters. The van der Waals surface area contributed by atoms with E-state index in [1.807, 2.05) is 11.8 Å². The van der Waals surface area contributed by atoms with Crippen LogP contribution in [0.1, 0.15) is 44.6 Å². The minimum Gasteiger partial charge on any atom is -0.480 e. The van der Waals surface area contributed by atoms with Crippen LogP contribution in [0.4, 0.5) is 0 Å².